The molecule has 19 heavy (non-hydrogen) atoms. The van der Waals surface area contributed by atoms with Crippen molar-refractivity contribution in [2.45, 2.75) is 6.18 Å². The van der Waals surface area contributed by atoms with E-state index in [1.54, 1.807) is 0 Å². The Morgan fingerprint density at radius 1 is 1.42 bits per heavy atom. The molecule has 0 saturated carbocycles. The lowest BCUT2D eigenvalue weighted by atomic mass is 10.4. The molecule has 1 aromatic rings. The number of halogens is 3. The average molecular weight is 279 g/mol. The number of esters is 1. The van der Waals surface area contributed by atoms with Gasteiger partial charge < -0.3 is 14.7 Å². The minimum Gasteiger partial charge on any atom is -0.464 e. The number of alkyl halides is 3. The highest BCUT2D eigenvalue weighted by molar-refractivity contribution is 5.86. The quantitative estimate of drug-likeness (QED) is 0.796. The number of ether oxygens (including phenoxy) is 1. The average Bonchev–Trinajstić information content (AvgIpc) is 2.36. The summed E-state index contributed by atoms with van der Waals surface area (Å²) in [7, 11) is 1.15. The van der Waals surface area contributed by atoms with E-state index in [4.69, 9.17) is 5.11 Å². The number of aliphatic hydroxyl groups excluding tert-OH is 1. The van der Waals surface area contributed by atoms with E-state index in [-0.39, 0.29) is 18.1 Å². The largest absolute Gasteiger partial charge is 0.464 e. The standard InChI is InChI=1S/C10H12F3N3O3/c1-19-9(18)7-4-15-8(5-14-7)16(2-3-17)6-10(11,12)13/h4-5,17H,2-3,6H2,1H3. The van der Waals surface area contributed by atoms with Gasteiger partial charge in [0.1, 0.15) is 12.4 Å². The van der Waals surface area contributed by atoms with Crippen LogP contribution in [0.1, 0.15) is 10.5 Å². The third-order valence-corrected chi connectivity index (χ3v) is 2.10. The summed E-state index contributed by atoms with van der Waals surface area (Å²) in [5.41, 5.74) is -0.109. The van der Waals surface area contributed by atoms with Gasteiger partial charge in [0.25, 0.3) is 0 Å². The van der Waals surface area contributed by atoms with Crippen molar-refractivity contribution in [1.82, 2.24) is 9.97 Å². The number of aliphatic hydroxyl groups is 1. The van der Waals surface area contributed by atoms with Crippen LogP contribution in [0, 0.1) is 0 Å². The first kappa shape index (κ1) is 15.2. The van der Waals surface area contributed by atoms with Crippen LogP contribution in [0.25, 0.3) is 0 Å². The molecule has 0 atom stereocenters. The Labute approximate surface area is 106 Å². The molecule has 1 rings (SSSR count). The fraction of sp³-hybridized carbons (Fsp3) is 0.500. The molecule has 1 heterocycles. The van der Waals surface area contributed by atoms with E-state index < -0.39 is 25.3 Å². The fourth-order valence-electron chi connectivity index (χ4n) is 1.31. The van der Waals surface area contributed by atoms with Crippen molar-refractivity contribution in [3.8, 4) is 0 Å². The predicted molar refractivity (Wildman–Crippen MR) is 58.7 cm³/mol. The summed E-state index contributed by atoms with van der Waals surface area (Å²) in [6.07, 6.45) is -2.40. The Balaban J connectivity index is 2.88. The van der Waals surface area contributed by atoms with Gasteiger partial charge >= 0.3 is 12.1 Å². The Hall–Kier alpha value is -1.90. The molecule has 0 bridgehead atoms. The molecule has 9 heteroatoms. The molecule has 0 amide bonds. The maximum Gasteiger partial charge on any atom is 0.405 e. The van der Waals surface area contributed by atoms with E-state index in [0.717, 1.165) is 24.4 Å². The highest BCUT2D eigenvalue weighted by atomic mass is 19.4. The molecular weight excluding hydrogens is 267 g/mol. The minimum atomic E-state index is -4.43. The topological polar surface area (TPSA) is 75.5 Å². The van der Waals surface area contributed by atoms with Crippen LogP contribution in [-0.2, 0) is 4.74 Å². The molecule has 0 fully saturated rings. The zero-order valence-electron chi connectivity index (χ0n) is 10.0. The number of nitrogens with zero attached hydrogens (tertiary/aromatic N) is 3. The van der Waals surface area contributed by atoms with Gasteiger partial charge in [0.05, 0.1) is 26.1 Å². The van der Waals surface area contributed by atoms with Crippen LogP contribution in [-0.4, -0.2) is 54.0 Å². The summed E-state index contributed by atoms with van der Waals surface area (Å²) < 4.78 is 41.4. The molecule has 106 valence electrons. The number of rotatable bonds is 5. The van der Waals surface area contributed by atoms with Gasteiger partial charge in [0.2, 0.25) is 0 Å². The van der Waals surface area contributed by atoms with Crippen LogP contribution in [0.4, 0.5) is 19.0 Å². The smallest absolute Gasteiger partial charge is 0.405 e. The summed E-state index contributed by atoms with van der Waals surface area (Å²) in [4.78, 5) is 19.3. The van der Waals surface area contributed by atoms with Crippen LogP contribution in [0.2, 0.25) is 0 Å². The first-order valence-electron chi connectivity index (χ1n) is 5.20. The third-order valence-electron chi connectivity index (χ3n) is 2.10. The molecule has 1 aromatic heterocycles. The molecule has 0 aromatic carbocycles. The molecule has 0 saturated heterocycles. The van der Waals surface area contributed by atoms with Gasteiger partial charge in [0, 0.05) is 6.54 Å². The van der Waals surface area contributed by atoms with Crippen molar-refractivity contribution in [2.75, 3.05) is 31.7 Å². The molecule has 0 aliphatic heterocycles. The molecule has 0 aliphatic carbocycles. The van der Waals surface area contributed by atoms with Crippen molar-refractivity contribution in [3.63, 3.8) is 0 Å². The van der Waals surface area contributed by atoms with Crippen LogP contribution < -0.4 is 4.90 Å². The molecular formula is C10H12F3N3O3. The highest BCUT2D eigenvalue weighted by Gasteiger charge is 2.31. The minimum absolute atomic E-state index is 0.0842. The molecule has 0 spiro atoms. The van der Waals surface area contributed by atoms with E-state index in [1.807, 2.05) is 0 Å². The Bertz CT molecular complexity index is 422. The number of carbonyl (C=O) groups excluding carboxylic acids is 1. The monoisotopic (exact) mass is 279 g/mol. The Kier molecular flexibility index (Phi) is 5.04. The van der Waals surface area contributed by atoms with Gasteiger partial charge in [-0.25, -0.2) is 14.8 Å². The van der Waals surface area contributed by atoms with E-state index in [0.29, 0.717) is 0 Å². The van der Waals surface area contributed by atoms with E-state index in [2.05, 4.69) is 14.7 Å². The van der Waals surface area contributed by atoms with Crippen LogP contribution >= 0.6 is 0 Å². The maximum atomic E-state index is 12.3. The number of methoxy groups -OCH3 is 1. The number of hydrogen-bond donors (Lipinski definition) is 1. The van der Waals surface area contributed by atoms with Gasteiger partial charge in [-0.15, -0.1) is 0 Å². The summed E-state index contributed by atoms with van der Waals surface area (Å²) in [6.45, 7) is -1.97. The van der Waals surface area contributed by atoms with Gasteiger partial charge in [-0.1, -0.05) is 0 Å². The van der Waals surface area contributed by atoms with Gasteiger partial charge in [-0.05, 0) is 0 Å². The third kappa shape index (κ3) is 4.70. The van der Waals surface area contributed by atoms with E-state index in [9.17, 15) is 18.0 Å². The van der Waals surface area contributed by atoms with Crippen molar-refractivity contribution < 1.29 is 27.8 Å². The van der Waals surface area contributed by atoms with Gasteiger partial charge in [-0.3, -0.25) is 0 Å². The zero-order chi connectivity index (χ0) is 14.5. The SMILES string of the molecule is COC(=O)c1cnc(N(CCO)CC(F)(F)F)cn1. The van der Waals surface area contributed by atoms with E-state index >= 15 is 0 Å². The van der Waals surface area contributed by atoms with Gasteiger partial charge in [-0.2, -0.15) is 13.2 Å². The van der Waals surface area contributed by atoms with E-state index in [1.165, 1.54) is 0 Å². The molecule has 0 radical (unpaired) electrons. The second kappa shape index (κ2) is 6.32. The number of anilines is 1. The van der Waals surface area contributed by atoms with Crippen LogP contribution in [0.15, 0.2) is 12.4 Å². The summed E-state index contributed by atoms with van der Waals surface area (Å²) >= 11 is 0. The maximum absolute atomic E-state index is 12.3. The molecule has 1 N–H and O–H groups in total. The Morgan fingerprint density at radius 2 is 2.11 bits per heavy atom. The van der Waals surface area contributed by atoms with Crippen molar-refractivity contribution in [1.29, 1.82) is 0 Å². The predicted octanol–water partition coefficient (Wildman–Crippen LogP) is 0.624. The normalized spacial score (nSPS) is 11.2. The zero-order valence-corrected chi connectivity index (χ0v) is 10.0. The number of hydrogen-bond acceptors (Lipinski definition) is 6. The summed E-state index contributed by atoms with van der Waals surface area (Å²) in [6, 6.07) is 0. The second-order valence-corrected chi connectivity index (χ2v) is 3.51. The molecule has 0 unspecified atom stereocenters. The fourth-order valence-corrected chi connectivity index (χ4v) is 1.31. The lowest BCUT2D eigenvalue weighted by Crippen LogP contribution is -2.37. The lowest BCUT2D eigenvalue weighted by Gasteiger charge is -2.23. The van der Waals surface area contributed by atoms with Crippen LogP contribution in [0.3, 0.4) is 0 Å². The Morgan fingerprint density at radius 3 is 2.53 bits per heavy atom. The summed E-state index contributed by atoms with van der Waals surface area (Å²) in [5.74, 6) is -0.817. The molecule has 6 nitrogen and oxygen atoms in total. The first-order chi connectivity index (χ1) is 8.87. The van der Waals surface area contributed by atoms with Crippen molar-refractivity contribution >= 4 is 11.8 Å². The number of carbonyl (C=O) groups is 1. The number of aromatic nitrogens is 2. The van der Waals surface area contributed by atoms with Crippen molar-refractivity contribution in [2.24, 2.45) is 0 Å². The highest BCUT2D eigenvalue weighted by Crippen LogP contribution is 2.19. The summed E-state index contributed by atoms with van der Waals surface area (Å²) in [5, 5.41) is 8.74. The molecule has 0 aliphatic rings. The van der Waals surface area contributed by atoms with Crippen LogP contribution in [0.5, 0.6) is 0 Å². The first-order valence-corrected chi connectivity index (χ1v) is 5.20. The van der Waals surface area contributed by atoms with Gasteiger partial charge in [0.15, 0.2) is 5.69 Å². The second-order valence-electron chi connectivity index (χ2n) is 3.51. The van der Waals surface area contributed by atoms with Crippen molar-refractivity contribution in [3.05, 3.63) is 18.1 Å². The lowest BCUT2D eigenvalue weighted by molar-refractivity contribution is -0.120.